The molecule has 7 heteroatoms. The smallest absolute Gasteiger partial charge is 0.222 e. The van der Waals surface area contributed by atoms with E-state index in [9.17, 15) is 14.4 Å². The van der Waals surface area contributed by atoms with Crippen LogP contribution in [-0.2, 0) is 9.59 Å². The molecular formula is C21H28Cl2N2O3. The first kappa shape index (κ1) is 22.7. The van der Waals surface area contributed by atoms with Crippen molar-refractivity contribution in [3.8, 4) is 0 Å². The van der Waals surface area contributed by atoms with Gasteiger partial charge in [0.05, 0.1) is 10.0 Å². The van der Waals surface area contributed by atoms with E-state index in [1.54, 1.807) is 28.0 Å². The number of hydrogen-bond acceptors (Lipinski definition) is 3. The van der Waals surface area contributed by atoms with E-state index in [1.807, 2.05) is 13.8 Å². The maximum absolute atomic E-state index is 12.7. The van der Waals surface area contributed by atoms with Gasteiger partial charge in [0, 0.05) is 50.5 Å². The van der Waals surface area contributed by atoms with Gasteiger partial charge in [0.25, 0.3) is 0 Å². The van der Waals surface area contributed by atoms with Crippen molar-refractivity contribution in [1.29, 1.82) is 0 Å². The van der Waals surface area contributed by atoms with Gasteiger partial charge < -0.3 is 9.80 Å². The molecule has 0 atom stereocenters. The Morgan fingerprint density at radius 3 is 2.25 bits per heavy atom. The third-order valence-electron chi connectivity index (χ3n) is 5.32. The number of ketones is 1. The van der Waals surface area contributed by atoms with Gasteiger partial charge in [-0.1, -0.05) is 23.2 Å². The lowest BCUT2D eigenvalue weighted by Gasteiger charge is -2.31. The van der Waals surface area contributed by atoms with Gasteiger partial charge in [0.1, 0.15) is 0 Å². The molecule has 0 unspecified atom stereocenters. The number of carbonyl (C=O) groups excluding carboxylic acids is 3. The lowest BCUT2D eigenvalue weighted by Crippen LogP contribution is -2.40. The average Bonchev–Trinajstić information content (AvgIpc) is 2.70. The molecule has 1 saturated heterocycles. The van der Waals surface area contributed by atoms with Gasteiger partial charge in [-0.15, -0.1) is 0 Å². The summed E-state index contributed by atoms with van der Waals surface area (Å²) < 4.78 is 0. The second-order valence-electron chi connectivity index (χ2n) is 7.07. The van der Waals surface area contributed by atoms with Crippen LogP contribution in [0.15, 0.2) is 18.2 Å². The SMILES string of the molecule is CCN(CC)C(=O)CCCC(=O)N1CCC(C(=O)c2ccc(Cl)c(Cl)c2)CC1. The Labute approximate surface area is 177 Å². The molecule has 1 aromatic carbocycles. The van der Waals surface area contributed by atoms with Crippen molar-refractivity contribution in [3.05, 3.63) is 33.8 Å². The predicted molar refractivity (Wildman–Crippen MR) is 112 cm³/mol. The fourth-order valence-electron chi connectivity index (χ4n) is 3.56. The van der Waals surface area contributed by atoms with Crippen LogP contribution in [0.25, 0.3) is 0 Å². The van der Waals surface area contributed by atoms with E-state index in [-0.39, 0.29) is 23.5 Å². The Balaban J connectivity index is 1.78. The molecular weight excluding hydrogens is 399 g/mol. The summed E-state index contributed by atoms with van der Waals surface area (Å²) in [5, 5.41) is 0.803. The van der Waals surface area contributed by atoms with Crippen LogP contribution in [0.3, 0.4) is 0 Å². The van der Waals surface area contributed by atoms with Crippen LogP contribution in [0, 0.1) is 5.92 Å². The molecule has 2 rings (SSSR count). The average molecular weight is 427 g/mol. The summed E-state index contributed by atoms with van der Waals surface area (Å²) >= 11 is 11.9. The van der Waals surface area contributed by atoms with Crippen molar-refractivity contribution in [3.63, 3.8) is 0 Å². The lowest BCUT2D eigenvalue weighted by atomic mass is 9.88. The van der Waals surface area contributed by atoms with Crippen LogP contribution in [0.4, 0.5) is 0 Å². The fraction of sp³-hybridized carbons (Fsp3) is 0.571. The maximum Gasteiger partial charge on any atom is 0.222 e. The van der Waals surface area contributed by atoms with Crippen molar-refractivity contribution in [1.82, 2.24) is 9.80 Å². The van der Waals surface area contributed by atoms with E-state index in [2.05, 4.69) is 0 Å². The largest absolute Gasteiger partial charge is 0.343 e. The fourth-order valence-corrected chi connectivity index (χ4v) is 3.86. The highest BCUT2D eigenvalue weighted by molar-refractivity contribution is 6.42. The highest BCUT2D eigenvalue weighted by atomic mass is 35.5. The Kier molecular flexibility index (Phi) is 8.77. The Morgan fingerprint density at radius 2 is 1.68 bits per heavy atom. The molecule has 5 nitrogen and oxygen atoms in total. The summed E-state index contributed by atoms with van der Waals surface area (Å²) in [5.74, 6) is 0.109. The number of piperidine rings is 1. The zero-order chi connectivity index (χ0) is 20.7. The molecule has 0 N–H and O–H groups in total. The number of carbonyl (C=O) groups is 3. The van der Waals surface area contributed by atoms with Crippen LogP contribution in [0.5, 0.6) is 0 Å². The number of Topliss-reactive ketones (excluding diaryl/α,β-unsaturated/α-hetero) is 1. The second-order valence-corrected chi connectivity index (χ2v) is 7.88. The molecule has 0 saturated carbocycles. The molecule has 1 aliphatic rings. The maximum atomic E-state index is 12.7. The van der Waals surface area contributed by atoms with Gasteiger partial charge in [-0.3, -0.25) is 14.4 Å². The molecule has 28 heavy (non-hydrogen) atoms. The Morgan fingerprint density at radius 1 is 1.04 bits per heavy atom. The molecule has 0 radical (unpaired) electrons. The van der Waals surface area contributed by atoms with E-state index in [0.29, 0.717) is 73.9 Å². The first-order valence-corrected chi connectivity index (χ1v) is 10.7. The van der Waals surface area contributed by atoms with Gasteiger partial charge in [-0.2, -0.15) is 0 Å². The van der Waals surface area contributed by atoms with E-state index < -0.39 is 0 Å². The van der Waals surface area contributed by atoms with Crippen molar-refractivity contribution in [2.45, 2.75) is 46.0 Å². The Hall–Kier alpha value is -1.59. The number of nitrogens with zero attached hydrogens (tertiary/aromatic N) is 2. The Bertz CT molecular complexity index is 712. The third-order valence-corrected chi connectivity index (χ3v) is 6.06. The number of hydrogen-bond donors (Lipinski definition) is 0. The monoisotopic (exact) mass is 426 g/mol. The number of rotatable bonds is 8. The zero-order valence-electron chi connectivity index (χ0n) is 16.5. The number of likely N-dealkylation sites (tertiary alicyclic amines) is 1. The van der Waals surface area contributed by atoms with Crippen LogP contribution >= 0.6 is 23.2 Å². The number of benzene rings is 1. The van der Waals surface area contributed by atoms with Crippen LogP contribution in [0.2, 0.25) is 10.0 Å². The normalized spacial score (nSPS) is 14.8. The topological polar surface area (TPSA) is 57.7 Å². The molecule has 0 aromatic heterocycles. The van der Waals surface area contributed by atoms with E-state index in [4.69, 9.17) is 23.2 Å². The van der Waals surface area contributed by atoms with Crippen LogP contribution < -0.4 is 0 Å². The molecule has 0 aliphatic carbocycles. The lowest BCUT2D eigenvalue weighted by molar-refractivity contribution is -0.133. The van der Waals surface area contributed by atoms with E-state index >= 15 is 0 Å². The number of amides is 2. The van der Waals surface area contributed by atoms with E-state index in [1.165, 1.54) is 0 Å². The van der Waals surface area contributed by atoms with Gasteiger partial charge in [-0.05, 0) is 51.3 Å². The molecule has 1 fully saturated rings. The first-order chi connectivity index (χ1) is 13.4. The van der Waals surface area contributed by atoms with Crippen molar-refractivity contribution in [2.24, 2.45) is 5.92 Å². The van der Waals surface area contributed by atoms with E-state index in [0.717, 1.165) is 0 Å². The predicted octanol–water partition coefficient (Wildman–Crippen LogP) is 4.45. The molecule has 154 valence electrons. The quantitative estimate of drug-likeness (QED) is 0.576. The van der Waals surface area contributed by atoms with Crippen molar-refractivity contribution in [2.75, 3.05) is 26.2 Å². The molecule has 1 heterocycles. The molecule has 0 bridgehead atoms. The van der Waals surface area contributed by atoms with Crippen LogP contribution in [0.1, 0.15) is 56.3 Å². The molecule has 2 amide bonds. The summed E-state index contributed by atoms with van der Waals surface area (Å²) in [4.78, 5) is 40.7. The first-order valence-electron chi connectivity index (χ1n) is 9.92. The summed E-state index contributed by atoms with van der Waals surface area (Å²) in [6.07, 6.45) is 2.63. The minimum Gasteiger partial charge on any atom is -0.343 e. The van der Waals surface area contributed by atoms with Gasteiger partial charge in [-0.25, -0.2) is 0 Å². The number of halogens is 2. The highest BCUT2D eigenvalue weighted by Gasteiger charge is 2.28. The van der Waals surface area contributed by atoms with Crippen LogP contribution in [-0.4, -0.2) is 53.6 Å². The van der Waals surface area contributed by atoms with Crippen molar-refractivity contribution >= 4 is 40.8 Å². The molecule has 1 aliphatic heterocycles. The molecule has 1 aromatic rings. The third kappa shape index (κ3) is 5.95. The van der Waals surface area contributed by atoms with Gasteiger partial charge in [0.2, 0.25) is 11.8 Å². The van der Waals surface area contributed by atoms with Gasteiger partial charge >= 0.3 is 0 Å². The molecule has 0 spiro atoms. The summed E-state index contributed by atoms with van der Waals surface area (Å²) in [6, 6.07) is 4.94. The minimum absolute atomic E-state index is 0.0514. The summed E-state index contributed by atoms with van der Waals surface area (Å²) in [5.41, 5.74) is 0.564. The van der Waals surface area contributed by atoms with Crippen molar-refractivity contribution < 1.29 is 14.4 Å². The summed E-state index contributed by atoms with van der Waals surface area (Å²) in [7, 11) is 0. The zero-order valence-corrected chi connectivity index (χ0v) is 18.1. The standard InChI is InChI=1S/C21H28Cl2N2O3/c1-3-24(4-2)19(26)6-5-7-20(27)25-12-10-15(11-13-25)21(28)16-8-9-17(22)18(23)14-16/h8-9,14-15H,3-7,10-13H2,1-2H3. The minimum atomic E-state index is -0.106. The highest BCUT2D eigenvalue weighted by Crippen LogP contribution is 2.27. The van der Waals surface area contributed by atoms with Gasteiger partial charge in [0.15, 0.2) is 5.78 Å². The second kappa shape index (κ2) is 10.8. The summed E-state index contributed by atoms with van der Waals surface area (Å²) in [6.45, 7) is 6.44.